The van der Waals surface area contributed by atoms with Crippen LogP contribution in [0, 0.1) is 0 Å². The van der Waals surface area contributed by atoms with E-state index in [1.165, 1.54) is 6.33 Å². The summed E-state index contributed by atoms with van der Waals surface area (Å²) in [5, 5.41) is 10.5. The summed E-state index contributed by atoms with van der Waals surface area (Å²) in [6.07, 6.45) is 4.84. The van der Waals surface area contributed by atoms with Gasteiger partial charge < -0.3 is 0 Å². The Morgan fingerprint density at radius 3 is 2.81 bits per heavy atom. The zero-order valence-electron chi connectivity index (χ0n) is 10.6. The Bertz CT molecular complexity index is 958. The molecule has 0 spiro atoms. The first kappa shape index (κ1) is 12.6. The van der Waals surface area contributed by atoms with Gasteiger partial charge in [0.2, 0.25) is 0 Å². The van der Waals surface area contributed by atoms with Gasteiger partial charge >= 0.3 is 0 Å². The molecule has 1 aromatic carbocycles. The maximum atomic E-state index is 6.20. The third-order valence-corrected chi connectivity index (χ3v) is 3.84. The van der Waals surface area contributed by atoms with Crippen molar-refractivity contribution >= 4 is 39.9 Å². The van der Waals surface area contributed by atoms with Crippen LogP contribution in [0.15, 0.2) is 37.1 Å². The molecule has 0 aliphatic carbocycles. The molecule has 6 nitrogen and oxygen atoms in total. The number of halogens is 2. The van der Waals surface area contributed by atoms with Crippen LogP contribution in [0.5, 0.6) is 0 Å². The summed E-state index contributed by atoms with van der Waals surface area (Å²) >= 11 is 12.1. The average Bonchev–Trinajstić information content (AvgIpc) is 3.08. The van der Waals surface area contributed by atoms with Crippen molar-refractivity contribution in [2.45, 2.75) is 6.54 Å². The summed E-state index contributed by atoms with van der Waals surface area (Å²) in [5.74, 6) is 0. The largest absolute Gasteiger partial charge is 0.243 e. The molecule has 21 heavy (non-hydrogen) atoms. The molecule has 0 radical (unpaired) electrons. The molecule has 0 saturated carbocycles. The summed E-state index contributed by atoms with van der Waals surface area (Å²) < 4.78 is 3.39. The van der Waals surface area contributed by atoms with Crippen LogP contribution < -0.4 is 0 Å². The lowest BCUT2D eigenvalue weighted by atomic mass is 10.2. The Morgan fingerprint density at radius 2 is 1.95 bits per heavy atom. The maximum Gasteiger partial charge on any atom is 0.169 e. The van der Waals surface area contributed by atoms with E-state index in [1.807, 2.05) is 6.07 Å². The molecule has 4 aromatic rings. The molecule has 0 aliphatic heterocycles. The first-order valence-corrected chi connectivity index (χ1v) is 6.92. The lowest BCUT2D eigenvalue weighted by Gasteiger charge is -2.06. The van der Waals surface area contributed by atoms with Gasteiger partial charge in [-0.2, -0.15) is 10.2 Å². The Labute approximate surface area is 128 Å². The molecule has 3 heterocycles. The first-order valence-electron chi connectivity index (χ1n) is 6.16. The van der Waals surface area contributed by atoms with E-state index in [-0.39, 0.29) is 0 Å². The highest BCUT2D eigenvalue weighted by Gasteiger charge is 2.11. The van der Waals surface area contributed by atoms with Crippen molar-refractivity contribution in [2.24, 2.45) is 0 Å². The molecule has 0 N–H and O–H groups in total. The van der Waals surface area contributed by atoms with Gasteiger partial charge in [0.15, 0.2) is 11.3 Å². The molecular weight excluding hydrogens is 311 g/mol. The van der Waals surface area contributed by atoms with Crippen LogP contribution >= 0.6 is 23.2 Å². The predicted octanol–water partition coefficient (Wildman–Crippen LogP) is 2.83. The molecule has 4 rings (SSSR count). The van der Waals surface area contributed by atoms with E-state index in [0.29, 0.717) is 16.6 Å². The summed E-state index contributed by atoms with van der Waals surface area (Å²) in [6, 6.07) is 5.40. The highest BCUT2D eigenvalue weighted by Crippen LogP contribution is 2.23. The summed E-state index contributed by atoms with van der Waals surface area (Å²) in [7, 11) is 0. The van der Waals surface area contributed by atoms with Crippen LogP contribution in [0.4, 0.5) is 0 Å². The third-order valence-electron chi connectivity index (χ3n) is 3.25. The smallest absolute Gasteiger partial charge is 0.169 e. The van der Waals surface area contributed by atoms with Crippen molar-refractivity contribution in [3.63, 3.8) is 0 Å². The molecule has 0 amide bonds. The van der Waals surface area contributed by atoms with E-state index in [9.17, 15) is 0 Å². The van der Waals surface area contributed by atoms with E-state index in [4.69, 9.17) is 23.2 Å². The summed E-state index contributed by atoms with van der Waals surface area (Å²) in [6.45, 7) is 0.511. The van der Waals surface area contributed by atoms with Gasteiger partial charge in [-0.1, -0.05) is 29.3 Å². The predicted molar refractivity (Wildman–Crippen MR) is 79.6 cm³/mol. The monoisotopic (exact) mass is 318 g/mol. The Balaban J connectivity index is 1.83. The number of benzene rings is 1. The number of rotatable bonds is 2. The number of nitrogens with zero attached hydrogens (tertiary/aromatic N) is 6. The second-order valence-electron chi connectivity index (χ2n) is 4.55. The quantitative estimate of drug-likeness (QED) is 0.570. The highest BCUT2D eigenvalue weighted by molar-refractivity contribution is 6.35. The number of fused-ring (bicyclic) bond motifs is 3. The minimum absolute atomic E-state index is 0.511. The first-order chi connectivity index (χ1) is 10.2. The van der Waals surface area contributed by atoms with Gasteiger partial charge in [0.25, 0.3) is 0 Å². The molecule has 0 bridgehead atoms. The van der Waals surface area contributed by atoms with E-state index in [2.05, 4.69) is 20.2 Å². The molecule has 0 fully saturated rings. The molecule has 0 unspecified atom stereocenters. The number of hydrogen-bond acceptors (Lipinski definition) is 4. The second-order valence-corrected chi connectivity index (χ2v) is 5.39. The van der Waals surface area contributed by atoms with Crippen LogP contribution in [0.2, 0.25) is 10.0 Å². The minimum Gasteiger partial charge on any atom is -0.243 e. The van der Waals surface area contributed by atoms with Gasteiger partial charge in [-0.05, 0) is 17.7 Å². The van der Waals surface area contributed by atoms with Crippen molar-refractivity contribution in [3.05, 3.63) is 52.7 Å². The van der Waals surface area contributed by atoms with Crippen LogP contribution in [0.25, 0.3) is 16.7 Å². The highest BCUT2D eigenvalue weighted by atomic mass is 35.5. The zero-order valence-corrected chi connectivity index (χ0v) is 12.1. The van der Waals surface area contributed by atoms with E-state index < -0.39 is 0 Å². The van der Waals surface area contributed by atoms with Crippen LogP contribution in [0.1, 0.15) is 5.56 Å². The standard InChI is InChI=1S/C13H8Cl2N6/c14-9-2-1-8(11(15)3-9)5-20-13-10(4-18-20)12-16-6-19-21(12)7-17-13/h1-4,6-7H,5H2. The molecule has 3 aromatic heterocycles. The maximum absolute atomic E-state index is 6.20. The zero-order chi connectivity index (χ0) is 14.4. The molecule has 0 saturated heterocycles. The SMILES string of the molecule is Clc1ccc(Cn2ncc3c2ncn2ncnc32)c(Cl)c1. The normalized spacial score (nSPS) is 11.5. The van der Waals surface area contributed by atoms with Gasteiger partial charge in [-0.25, -0.2) is 19.2 Å². The van der Waals surface area contributed by atoms with Crippen molar-refractivity contribution in [1.29, 1.82) is 0 Å². The molecule has 8 heteroatoms. The van der Waals surface area contributed by atoms with E-state index >= 15 is 0 Å². The van der Waals surface area contributed by atoms with E-state index in [1.54, 1.807) is 33.9 Å². The van der Waals surface area contributed by atoms with Gasteiger partial charge in [0.1, 0.15) is 12.7 Å². The summed E-state index contributed by atoms with van der Waals surface area (Å²) in [5.41, 5.74) is 2.39. The number of hydrogen-bond donors (Lipinski definition) is 0. The van der Waals surface area contributed by atoms with Crippen LogP contribution in [0.3, 0.4) is 0 Å². The lowest BCUT2D eigenvalue weighted by molar-refractivity contribution is 0.703. The average molecular weight is 319 g/mol. The Kier molecular flexibility index (Phi) is 2.80. The lowest BCUT2D eigenvalue weighted by Crippen LogP contribution is -2.03. The van der Waals surface area contributed by atoms with Gasteiger partial charge in [-0.15, -0.1) is 0 Å². The van der Waals surface area contributed by atoms with Crippen molar-refractivity contribution < 1.29 is 0 Å². The van der Waals surface area contributed by atoms with Gasteiger partial charge in [-0.3, -0.25) is 0 Å². The fourth-order valence-corrected chi connectivity index (χ4v) is 2.70. The Hall–Kier alpha value is -2.18. The minimum atomic E-state index is 0.511. The topological polar surface area (TPSA) is 60.9 Å². The van der Waals surface area contributed by atoms with Crippen molar-refractivity contribution in [3.8, 4) is 0 Å². The van der Waals surface area contributed by atoms with Crippen LogP contribution in [-0.4, -0.2) is 29.4 Å². The fourth-order valence-electron chi connectivity index (χ4n) is 2.24. The van der Waals surface area contributed by atoms with Crippen molar-refractivity contribution in [2.75, 3.05) is 0 Å². The molecule has 0 aliphatic rings. The van der Waals surface area contributed by atoms with Gasteiger partial charge in [0, 0.05) is 10.0 Å². The van der Waals surface area contributed by atoms with Crippen LogP contribution in [-0.2, 0) is 6.54 Å². The molecular formula is C13H8Cl2N6. The third kappa shape index (κ3) is 2.03. The Morgan fingerprint density at radius 1 is 1.05 bits per heavy atom. The van der Waals surface area contributed by atoms with Crippen molar-refractivity contribution in [1.82, 2.24) is 29.4 Å². The number of aromatic nitrogens is 6. The second kappa shape index (κ2) is 4.68. The summed E-state index contributed by atoms with van der Waals surface area (Å²) in [4.78, 5) is 8.59. The van der Waals surface area contributed by atoms with Gasteiger partial charge in [0.05, 0.1) is 18.1 Å². The van der Waals surface area contributed by atoms with E-state index in [0.717, 1.165) is 22.2 Å². The fraction of sp³-hybridized carbons (Fsp3) is 0.0769. The molecule has 104 valence electrons. The molecule has 0 atom stereocenters.